The zero-order valence-corrected chi connectivity index (χ0v) is 16.8. The maximum Gasteiger partial charge on any atom is 0.329 e. The molecule has 1 aliphatic rings. The Labute approximate surface area is 179 Å². The van der Waals surface area contributed by atoms with Gasteiger partial charge in [0.1, 0.15) is 18.1 Å². The number of urea groups is 1. The normalized spacial score (nSPS) is 14.8. The lowest BCUT2D eigenvalue weighted by Crippen LogP contribution is -2.30. The molecule has 0 aliphatic carbocycles. The molecule has 0 spiro atoms. The van der Waals surface area contributed by atoms with E-state index in [1.54, 1.807) is 6.08 Å². The molecule has 0 unspecified atom stereocenters. The molecule has 3 amide bonds. The quantitative estimate of drug-likeness (QED) is 0.452. The number of imide groups is 1. The smallest absolute Gasteiger partial charge is 0.329 e. The molecule has 1 heterocycles. The Balaban J connectivity index is 1.41. The van der Waals surface area contributed by atoms with Crippen LogP contribution >= 0.6 is 11.6 Å². The highest BCUT2D eigenvalue weighted by molar-refractivity contribution is 6.31. The van der Waals surface area contributed by atoms with Gasteiger partial charge in [-0.15, -0.1) is 0 Å². The van der Waals surface area contributed by atoms with Crippen molar-refractivity contribution in [1.82, 2.24) is 10.2 Å². The van der Waals surface area contributed by atoms with Crippen molar-refractivity contribution in [2.24, 2.45) is 0 Å². The van der Waals surface area contributed by atoms with Gasteiger partial charge in [0.25, 0.3) is 5.91 Å². The molecule has 30 heavy (non-hydrogen) atoms. The van der Waals surface area contributed by atoms with Crippen molar-refractivity contribution in [3.05, 3.63) is 106 Å². The fraction of sp³-hybridized carbons (Fsp3) is 0.0833. The Morgan fingerprint density at radius 3 is 2.33 bits per heavy atom. The second-order valence-electron chi connectivity index (χ2n) is 6.81. The highest BCUT2D eigenvalue weighted by atomic mass is 35.5. The zero-order chi connectivity index (χ0) is 20.9. The van der Waals surface area contributed by atoms with Gasteiger partial charge in [-0.05, 0) is 35.4 Å². The molecular formula is C24H19ClN2O3. The number of benzene rings is 3. The molecule has 1 aliphatic heterocycles. The first-order chi connectivity index (χ1) is 14.6. The van der Waals surface area contributed by atoms with Crippen LogP contribution in [0.3, 0.4) is 0 Å². The highest BCUT2D eigenvalue weighted by Crippen LogP contribution is 2.21. The summed E-state index contributed by atoms with van der Waals surface area (Å²) in [4.78, 5) is 26.0. The second-order valence-corrected chi connectivity index (χ2v) is 7.22. The number of carbonyl (C=O) groups is 2. The predicted octanol–water partition coefficient (Wildman–Crippen LogP) is 5.01. The van der Waals surface area contributed by atoms with Gasteiger partial charge in [0.2, 0.25) is 0 Å². The van der Waals surface area contributed by atoms with E-state index in [9.17, 15) is 9.59 Å². The molecule has 150 valence electrons. The van der Waals surface area contributed by atoms with Crippen LogP contribution < -0.4 is 10.1 Å². The summed E-state index contributed by atoms with van der Waals surface area (Å²) >= 11 is 6.14. The van der Waals surface area contributed by atoms with Crippen molar-refractivity contribution in [2.75, 3.05) is 0 Å². The number of carbonyl (C=O) groups excluding carboxylic acids is 2. The predicted molar refractivity (Wildman–Crippen MR) is 116 cm³/mol. The SMILES string of the molecule is O=C1N/C(=C/c2ccc(OCc3ccccc3Cl)cc2)C(=O)N1Cc1ccccc1. The Morgan fingerprint density at radius 2 is 1.60 bits per heavy atom. The third kappa shape index (κ3) is 4.53. The van der Waals surface area contributed by atoms with Crippen molar-refractivity contribution >= 4 is 29.6 Å². The van der Waals surface area contributed by atoms with Crippen molar-refractivity contribution in [2.45, 2.75) is 13.2 Å². The van der Waals surface area contributed by atoms with E-state index < -0.39 is 6.03 Å². The third-order valence-electron chi connectivity index (χ3n) is 4.69. The Kier molecular flexibility index (Phi) is 5.82. The van der Waals surface area contributed by atoms with Crippen LogP contribution in [0, 0.1) is 0 Å². The van der Waals surface area contributed by atoms with E-state index in [2.05, 4.69) is 5.32 Å². The van der Waals surface area contributed by atoms with Gasteiger partial charge in [0, 0.05) is 10.6 Å². The average molecular weight is 419 g/mol. The summed E-state index contributed by atoms with van der Waals surface area (Å²) in [6.45, 7) is 0.598. The molecule has 0 saturated carbocycles. The van der Waals surface area contributed by atoms with Crippen molar-refractivity contribution in [3.63, 3.8) is 0 Å². The lowest BCUT2D eigenvalue weighted by molar-refractivity contribution is -0.123. The summed E-state index contributed by atoms with van der Waals surface area (Å²) in [5, 5.41) is 3.30. The monoisotopic (exact) mass is 418 g/mol. The van der Waals surface area contributed by atoms with Gasteiger partial charge < -0.3 is 10.1 Å². The third-order valence-corrected chi connectivity index (χ3v) is 5.06. The van der Waals surface area contributed by atoms with E-state index in [0.717, 1.165) is 16.7 Å². The van der Waals surface area contributed by atoms with Crippen LogP contribution in [0.2, 0.25) is 5.02 Å². The number of ether oxygens (including phenoxy) is 1. The number of hydrogen-bond acceptors (Lipinski definition) is 3. The minimum absolute atomic E-state index is 0.234. The number of halogens is 1. The molecule has 6 heteroatoms. The number of rotatable bonds is 6. The molecule has 3 aromatic rings. The number of hydrogen-bond donors (Lipinski definition) is 1. The first-order valence-corrected chi connectivity index (χ1v) is 9.83. The van der Waals surface area contributed by atoms with Gasteiger partial charge in [0.05, 0.1) is 6.54 Å². The van der Waals surface area contributed by atoms with E-state index in [1.807, 2.05) is 78.9 Å². The molecule has 0 radical (unpaired) electrons. The summed E-state index contributed by atoms with van der Waals surface area (Å²) in [7, 11) is 0. The van der Waals surface area contributed by atoms with E-state index >= 15 is 0 Å². The minimum atomic E-state index is -0.421. The molecule has 0 atom stereocenters. The summed E-state index contributed by atoms with van der Waals surface area (Å²) in [6.07, 6.45) is 1.66. The van der Waals surface area contributed by atoms with Crippen molar-refractivity contribution < 1.29 is 14.3 Å². The van der Waals surface area contributed by atoms with Gasteiger partial charge in [-0.3, -0.25) is 9.69 Å². The maximum absolute atomic E-state index is 12.6. The molecule has 1 N–H and O–H groups in total. The molecular weight excluding hydrogens is 400 g/mol. The fourth-order valence-corrected chi connectivity index (χ4v) is 3.27. The molecule has 5 nitrogen and oxygen atoms in total. The highest BCUT2D eigenvalue weighted by Gasteiger charge is 2.33. The van der Waals surface area contributed by atoms with Crippen LogP contribution in [0.15, 0.2) is 84.6 Å². The Hall–Kier alpha value is -3.57. The van der Waals surface area contributed by atoms with E-state index in [4.69, 9.17) is 16.3 Å². The van der Waals surface area contributed by atoms with Gasteiger partial charge in [0.15, 0.2) is 0 Å². The van der Waals surface area contributed by atoms with Crippen LogP contribution in [0.25, 0.3) is 6.08 Å². The van der Waals surface area contributed by atoms with Crippen LogP contribution in [-0.4, -0.2) is 16.8 Å². The topological polar surface area (TPSA) is 58.6 Å². The summed E-state index contributed by atoms with van der Waals surface area (Å²) < 4.78 is 5.77. The lowest BCUT2D eigenvalue weighted by atomic mass is 10.1. The van der Waals surface area contributed by atoms with Crippen LogP contribution in [0.1, 0.15) is 16.7 Å². The second kappa shape index (κ2) is 8.84. The first kappa shape index (κ1) is 19.7. The first-order valence-electron chi connectivity index (χ1n) is 9.45. The van der Waals surface area contributed by atoms with E-state index in [0.29, 0.717) is 17.4 Å². The van der Waals surface area contributed by atoms with Gasteiger partial charge in [-0.1, -0.05) is 72.3 Å². The average Bonchev–Trinajstić information content (AvgIpc) is 3.02. The summed E-state index contributed by atoms with van der Waals surface area (Å²) in [5.41, 5.74) is 2.83. The fourth-order valence-electron chi connectivity index (χ4n) is 3.08. The van der Waals surface area contributed by atoms with Crippen molar-refractivity contribution in [1.29, 1.82) is 0 Å². The van der Waals surface area contributed by atoms with E-state index in [-0.39, 0.29) is 18.1 Å². The minimum Gasteiger partial charge on any atom is -0.489 e. The molecule has 3 aromatic carbocycles. The van der Waals surface area contributed by atoms with Crippen molar-refractivity contribution in [3.8, 4) is 5.75 Å². The van der Waals surface area contributed by atoms with Crippen LogP contribution in [-0.2, 0) is 17.9 Å². The van der Waals surface area contributed by atoms with Gasteiger partial charge in [-0.2, -0.15) is 0 Å². The molecule has 4 rings (SSSR count). The Bertz CT molecular complexity index is 1090. The molecule has 0 aromatic heterocycles. The summed E-state index contributed by atoms with van der Waals surface area (Å²) in [5.74, 6) is 0.340. The molecule has 1 saturated heterocycles. The van der Waals surface area contributed by atoms with Gasteiger partial charge in [-0.25, -0.2) is 4.79 Å². The maximum atomic E-state index is 12.6. The van der Waals surface area contributed by atoms with Gasteiger partial charge >= 0.3 is 6.03 Å². The zero-order valence-electron chi connectivity index (χ0n) is 16.0. The summed E-state index contributed by atoms with van der Waals surface area (Å²) in [6, 6.07) is 23.8. The largest absolute Gasteiger partial charge is 0.489 e. The van der Waals surface area contributed by atoms with Crippen LogP contribution in [0.4, 0.5) is 4.79 Å². The number of nitrogens with one attached hydrogen (secondary N) is 1. The standard InChI is InChI=1S/C24H19ClN2O3/c25-21-9-5-4-8-19(21)16-30-20-12-10-17(11-13-20)14-22-23(28)27(24(29)26-22)15-18-6-2-1-3-7-18/h1-14H,15-16H2,(H,26,29)/b22-14+. The van der Waals surface area contributed by atoms with E-state index in [1.165, 1.54) is 4.90 Å². The molecule has 1 fully saturated rings. The lowest BCUT2D eigenvalue weighted by Gasteiger charge is -2.11. The van der Waals surface area contributed by atoms with Crippen LogP contribution in [0.5, 0.6) is 5.75 Å². The molecule has 0 bridgehead atoms. The number of nitrogens with zero attached hydrogens (tertiary/aromatic N) is 1. The Morgan fingerprint density at radius 1 is 0.900 bits per heavy atom. The number of amides is 3.